The van der Waals surface area contributed by atoms with Gasteiger partial charge < -0.3 is 4.74 Å². The SMILES string of the molecule is C=CCOC1CC(C)N(C)C(C)(C)C1. The zero-order valence-corrected chi connectivity index (χ0v) is 9.92. The van der Waals surface area contributed by atoms with E-state index < -0.39 is 0 Å². The Morgan fingerprint density at radius 2 is 2.21 bits per heavy atom. The number of hydrogen-bond donors (Lipinski definition) is 0. The van der Waals surface area contributed by atoms with Gasteiger partial charge >= 0.3 is 0 Å². The Kier molecular flexibility index (Phi) is 3.73. The molecule has 1 rings (SSSR count). The first-order chi connectivity index (χ1) is 6.47. The van der Waals surface area contributed by atoms with Crippen LogP contribution in [0.1, 0.15) is 33.6 Å². The van der Waals surface area contributed by atoms with Gasteiger partial charge in [0.15, 0.2) is 0 Å². The van der Waals surface area contributed by atoms with E-state index >= 15 is 0 Å². The van der Waals surface area contributed by atoms with Gasteiger partial charge in [-0.05, 0) is 40.7 Å². The van der Waals surface area contributed by atoms with E-state index in [-0.39, 0.29) is 5.54 Å². The van der Waals surface area contributed by atoms with Crippen LogP contribution in [0, 0.1) is 0 Å². The molecule has 2 nitrogen and oxygen atoms in total. The molecule has 14 heavy (non-hydrogen) atoms. The van der Waals surface area contributed by atoms with Gasteiger partial charge in [-0.3, -0.25) is 4.90 Å². The van der Waals surface area contributed by atoms with E-state index in [1.54, 1.807) is 0 Å². The Balaban J connectivity index is 2.54. The summed E-state index contributed by atoms with van der Waals surface area (Å²) >= 11 is 0. The lowest BCUT2D eigenvalue weighted by Crippen LogP contribution is -2.54. The van der Waals surface area contributed by atoms with Gasteiger partial charge in [0.05, 0.1) is 12.7 Å². The van der Waals surface area contributed by atoms with Crippen LogP contribution in [0.25, 0.3) is 0 Å². The van der Waals surface area contributed by atoms with Gasteiger partial charge in [-0.1, -0.05) is 6.08 Å². The van der Waals surface area contributed by atoms with Crippen LogP contribution in [0.2, 0.25) is 0 Å². The quantitative estimate of drug-likeness (QED) is 0.644. The summed E-state index contributed by atoms with van der Waals surface area (Å²) in [5, 5.41) is 0. The lowest BCUT2D eigenvalue weighted by atomic mass is 9.85. The van der Waals surface area contributed by atoms with Crippen molar-refractivity contribution < 1.29 is 4.74 Å². The topological polar surface area (TPSA) is 12.5 Å². The fourth-order valence-corrected chi connectivity index (χ4v) is 2.25. The number of rotatable bonds is 3. The van der Waals surface area contributed by atoms with Crippen molar-refractivity contribution in [3.05, 3.63) is 12.7 Å². The first-order valence-corrected chi connectivity index (χ1v) is 5.43. The maximum absolute atomic E-state index is 5.74. The average molecular weight is 197 g/mol. The number of nitrogens with zero attached hydrogens (tertiary/aromatic N) is 1. The van der Waals surface area contributed by atoms with Gasteiger partial charge in [-0.25, -0.2) is 0 Å². The van der Waals surface area contributed by atoms with E-state index in [0.717, 1.165) is 12.8 Å². The molecule has 2 atom stereocenters. The van der Waals surface area contributed by atoms with Gasteiger partial charge in [-0.15, -0.1) is 6.58 Å². The van der Waals surface area contributed by atoms with Crippen LogP contribution in [0.5, 0.6) is 0 Å². The minimum absolute atomic E-state index is 0.253. The highest BCUT2D eigenvalue weighted by Gasteiger charge is 2.36. The van der Waals surface area contributed by atoms with E-state index in [9.17, 15) is 0 Å². The van der Waals surface area contributed by atoms with Gasteiger partial charge in [0.1, 0.15) is 0 Å². The molecular weight excluding hydrogens is 174 g/mol. The third-order valence-electron chi connectivity index (χ3n) is 3.40. The highest BCUT2D eigenvalue weighted by molar-refractivity contribution is 4.92. The molecule has 0 bridgehead atoms. The number of ether oxygens (including phenoxy) is 1. The number of piperidine rings is 1. The molecule has 0 spiro atoms. The second kappa shape index (κ2) is 4.45. The van der Waals surface area contributed by atoms with Crippen molar-refractivity contribution in [3.63, 3.8) is 0 Å². The van der Waals surface area contributed by atoms with E-state index in [0.29, 0.717) is 18.8 Å². The molecule has 0 saturated carbocycles. The highest BCUT2D eigenvalue weighted by atomic mass is 16.5. The van der Waals surface area contributed by atoms with Crippen LogP contribution in [0.3, 0.4) is 0 Å². The van der Waals surface area contributed by atoms with Gasteiger partial charge in [0.2, 0.25) is 0 Å². The first-order valence-electron chi connectivity index (χ1n) is 5.43. The summed E-state index contributed by atoms with van der Waals surface area (Å²) in [6.07, 6.45) is 4.47. The van der Waals surface area contributed by atoms with Crippen LogP contribution in [-0.2, 0) is 4.74 Å². The van der Waals surface area contributed by atoms with Gasteiger partial charge in [-0.2, -0.15) is 0 Å². The fraction of sp³-hybridized carbons (Fsp3) is 0.833. The smallest absolute Gasteiger partial charge is 0.0648 e. The predicted octanol–water partition coefficient (Wildman–Crippen LogP) is 2.45. The van der Waals surface area contributed by atoms with Crippen molar-refractivity contribution in [1.82, 2.24) is 4.90 Å². The standard InChI is InChI=1S/C12H23NO/c1-6-7-14-11-8-10(2)13(5)12(3,4)9-11/h6,10-11H,1,7-9H2,2-5H3. The van der Waals surface area contributed by atoms with Crippen molar-refractivity contribution >= 4 is 0 Å². The Morgan fingerprint density at radius 3 is 2.71 bits per heavy atom. The molecule has 82 valence electrons. The molecule has 1 aliphatic rings. The molecule has 1 saturated heterocycles. The molecule has 2 heteroatoms. The van der Waals surface area contributed by atoms with Crippen molar-refractivity contribution in [1.29, 1.82) is 0 Å². The third kappa shape index (κ3) is 2.58. The molecule has 2 unspecified atom stereocenters. The lowest BCUT2D eigenvalue weighted by Gasteiger charge is -2.47. The monoisotopic (exact) mass is 197 g/mol. The van der Waals surface area contributed by atoms with Gasteiger partial charge in [0, 0.05) is 11.6 Å². The summed E-state index contributed by atoms with van der Waals surface area (Å²) in [6.45, 7) is 11.2. The van der Waals surface area contributed by atoms with E-state index in [2.05, 4.69) is 39.3 Å². The van der Waals surface area contributed by atoms with Crippen LogP contribution in [0.4, 0.5) is 0 Å². The molecular formula is C12H23NO. The van der Waals surface area contributed by atoms with Gasteiger partial charge in [0.25, 0.3) is 0 Å². The summed E-state index contributed by atoms with van der Waals surface area (Å²) in [4.78, 5) is 2.45. The summed E-state index contributed by atoms with van der Waals surface area (Å²) in [5.41, 5.74) is 0.253. The largest absolute Gasteiger partial charge is 0.374 e. The number of hydrogen-bond acceptors (Lipinski definition) is 2. The molecule has 0 aromatic heterocycles. The van der Waals surface area contributed by atoms with Crippen molar-refractivity contribution in [3.8, 4) is 0 Å². The maximum Gasteiger partial charge on any atom is 0.0648 e. The molecule has 1 fully saturated rings. The summed E-state index contributed by atoms with van der Waals surface area (Å²) in [6, 6.07) is 0.605. The first kappa shape index (κ1) is 11.7. The Morgan fingerprint density at radius 1 is 1.57 bits per heavy atom. The summed E-state index contributed by atoms with van der Waals surface area (Å²) in [5.74, 6) is 0. The number of likely N-dealkylation sites (tertiary alicyclic amines) is 1. The lowest BCUT2D eigenvalue weighted by molar-refractivity contribution is -0.0493. The predicted molar refractivity (Wildman–Crippen MR) is 60.5 cm³/mol. The molecule has 0 radical (unpaired) electrons. The maximum atomic E-state index is 5.74. The highest BCUT2D eigenvalue weighted by Crippen LogP contribution is 2.31. The minimum Gasteiger partial charge on any atom is -0.374 e. The molecule has 0 aromatic rings. The molecule has 0 aliphatic carbocycles. The Hall–Kier alpha value is -0.340. The normalized spacial score (nSPS) is 32.9. The Labute approximate surface area is 87.9 Å². The van der Waals surface area contributed by atoms with E-state index in [4.69, 9.17) is 4.74 Å². The van der Waals surface area contributed by atoms with Crippen LogP contribution in [0.15, 0.2) is 12.7 Å². The zero-order chi connectivity index (χ0) is 10.8. The van der Waals surface area contributed by atoms with Crippen molar-refractivity contribution in [2.24, 2.45) is 0 Å². The minimum atomic E-state index is 0.253. The average Bonchev–Trinajstić information content (AvgIpc) is 2.10. The molecule has 1 aliphatic heterocycles. The van der Waals surface area contributed by atoms with Crippen LogP contribution >= 0.6 is 0 Å². The van der Waals surface area contributed by atoms with E-state index in [1.807, 2.05) is 6.08 Å². The zero-order valence-electron chi connectivity index (χ0n) is 9.92. The van der Waals surface area contributed by atoms with Crippen LogP contribution in [-0.4, -0.2) is 36.2 Å². The van der Waals surface area contributed by atoms with E-state index in [1.165, 1.54) is 0 Å². The fourth-order valence-electron chi connectivity index (χ4n) is 2.25. The molecule has 1 heterocycles. The molecule has 0 N–H and O–H groups in total. The molecule has 0 aromatic carbocycles. The molecule has 0 amide bonds. The van der Waals surface area contributed by atoms with Crippen LogP contribution < -0.4 is 0 Å². The third-order valence-corrected chi connectivity index (χ3v) is 3.40. The Bertz CT molecular complexity index is 200. The summed E-state index contributed by atoms with van der Waals surface area (Å²) < 4.78 is 5.74. The van der Waals surface area contributed by atoms with Crippen molar-refractivity contribution in [2.75, 3.05) is 13.7 Å². The second-order valence-electron chi connectivity index (χ2n) is 4.96. The second-order valence-corrected chi connectivity index (χ2v) is 4.96. The van der Waals surface area contributed by atoms with Crippen molar-refractivity contribution in [2.45, 2.75) is 51.3 Å². The summed E-state index contributed by atoms with van der Waals surface area (Å²) in [7, 11) is 2.20.